The Morgan fingerprint density at radius 2 is 1.84 bits per heavy atom. The summed E-state index contributed by atoms with van der Waals surface area (Å²) in [6.45, 7) is 0. The highest BCUT2D eigenvalue weighted by Gasteiger charge is 2.17. The van der Waals surface area contributed by atoms with Crippen molar-refractivity contribution in [1.82, 2.24) is 4.98 Å². The lowest BCUT2D eigenvalue weighted by atomic mass is 10.0. The molecule has 1 unspecified atom stereocenters. The molecule has 94 valence electrons. The number of nitrogens with zero attached hydrogens (tertiary/aromatic N) is 1. The zero-order valence-corrected chi connectivity index (χ0v) is 10.7. The summed E-state index contributed by atoms with van der Waals surface area (Å²) in [6.07, 6.45) is 0.852. The van der Waals surface area contributed by atoms with Gasteiger partial charge in [0.25, 0.3) is 0 Å². The van der Waals surface area contributed by atoms with E-state index < -0.39 is 5.92 Å². The van der Waals surface area contributed by atoms with E-state index in [0.717, 1.165) is 27.1 Å². The Balaban J connectivity index is 2.06. The number of halogens is 1. The summed E-state index contributed by atoms with van der Waals surface area (Å²) in [4.78, 5) is 15.8. The highest BCUT2D eigenvalue weighted by molar-refractivity contribution is 7.18. The number of thiazole rings is 1. The van der Waals surface area contributed by atoms with Gasteiger partial charge in [-0.05, 0) is 29.8 Å². The molecule has 0 saturated heterocycles. The first kappa shape index (κ1) is 12.0. The second-order valence-electron chi connectivity index (χ2n) is 4.19. The van der Waals surface area contributed by atoms with Crippen LogP contribution in [-0.4, -0.2) is 11.3 Å². The molecule has 0 saturated carbocycles. The number of aromatic nitrogens is 1. The molecular formula is C15H10FNOS. The molecule has 0 N–H and O–H groups in total. The lowest BCUT2D eigenvalue weighted by molar-refractivity contribution is -0.108. The largest absolute Gasteiger partial charge is 0.302 e. The number of fused-ring (bicyclic) bond motifs is 1. The standard InChI is InChI=1S/C15H10FNOS/c16-11-7-5-10(6-8-11)12(9-18)15-17-13-3-1-2-4-14(13)19-15/h1-9,12H. The molecule has 0 fully saturated rings. The Labute approximate surface area is 113 Å². The van der Waals surface area contributed by atoms with E-state index >= 15 is 0 Å². The monoisotopic (exact) mass is 271 g/mol. The fraction of sp³-hybridized carbons (Fsp3) is 0.0667. The fourth-order valence-electron chi connectivity index (χ4n) is 1.97. The van der Waals surface area contributed by atoms with Crippen LogP contribution in [0.15, 0.2) is 48.5 Å². The van der Waals surface area contributed by atoms with Gasteiger partial charge in [0.1, 0.15) is 17.1 Å². The summed E-state index contributed by atoms with van der Waals surface area (Å²) < 4.78 is 14.0. The number of hydrogen-bond acceptors (Lipinski definition) is 3. The van der Waals surface area contributed by atoms with Gasteiger partial charge in [-0.15, -0.1) is 11.3 Å². The summed E-state index contributed by atoms with van der Waals surface area (Å²) in [5.74, 6) is -0.740. The van der Waals surface area contributed by atoms with Crippen molar-refractivity contribution in [3.63, 3.8) is 0 Å². The highest BCUT2D eigenvalue weighted by Crippen LogP contribution is 2.30. The summed E-state index contributed by atoms with van der Waals surface area (Å²) in [6, 6.07) is 13.7. The van der Waals surface area contributed by atoms with Crippen LogP contribution in [-0.2, 0) is 4.79 Å². The molecule has 1 heterocycles. The van der Waals surface area contributed by atoms with Crippen LogP contribution in [0.25, 0.3) is 10.2 Å². The zero-order chi connectivity index (χ0) is 13.2. The fourth-order valence-corrected chi connectivity index (χ4v) is 3.03. The molecule has 2 aromatic carbocycles. The van der Waals surface area contributed by atoms with Gasteiger partial charge in [-0.25, -0.2) is 9.37 Å². The Hall–Kier alpha value is -2.07. The van der Waals surface area contributed by atoms with E-state index in [1.807, 2.05) is 24.3 Å². The van der Waals surface area contributed by atoms with E-state index in [4.69, 9.17) is 0 Å². The van der Waals surface area contributed by atoms with Gasteiger partial charge < -0.3 is 4.79 Å². The van der Waals surface area contributed by atoms with E-state index in [9.17, 15) is 9.18 Å². The van der Waals surface area contributed by atoms with Gasteiger partial charge >= 0.3 is 0 Å². The van der Waals surface area contributed by atoms with Gasteiger partial charge in [-0.2, -0.15) is 0 Å². The van der Waals surface area contributed by atoms with E-state index in [-0.39, 0.29) is 5.82 Å². The third kappa shape index (κ3) is 2.27. The minimum atomic E-state index is -0.432. The number of hydrogen-bond donors (Lipinski definition) is 0. The Kier molecular flexibility index (Phi) is 3.09. The van der Waals surface area contributed by atoms with Crippen molar-refractivity contribution in [2.24, 2.45) is 0 Å². The average Bonchev–Trinajstić information content (AvgIpc) is 2.85. The third-order valence-electron chi connectivity index (χ3n) is 2.94. The molecule has 0 bridgehead atoms. The number of rotatable bonds is 3. The maximum atomic E-state index is 12.9. The van der Waals surface area contributed by atoms with Crippen LogP contribution in [0.5, 0.6) is 0 Å². The molecule has 2 nitrogen and oxygen atoms in total. The van der Waals surface area contributed by atoms with Crippen LogP contribution in [0.1, 0.15) is 16.5 Å². The van der Waals surface area contributed by atoms with Gasteiger partial charge in [0.05, 0.1) is 16.1 Å². The molecule has 4 heteroatoms. The minimum Gasteiger partial charge on any atom is -0.302 e. The molecule has 0 spiro atoms. The number of carbonyl (C=O) groups is 1. The summed E-state index contributed by atoms with van der Waals surface area (Å²) in [7, 11) is 0. The first-order valence-corrected chi connectivity index (χ1v) is 6.66. The van der Waals surface area contributed by atoms with Crippen molar-refractivity contribution in [2.75, 3.05) is 0 Å². The predicted molar refractivity (Wildman–Crippen MR) is 73.9 cm³/mol. The van der Waals surface area contributed by atoms with Crippen molar-refractivity contribution < 1.29 is 9.18 Å². The summed E-state index contributed by atoms with van der Waals surface area (Å²) in [5.41, 5.74) is 1.65. The molecule has 0 aliphatic heterocycles. The molecule has 0 aliphatic rings. The van der Waals surface area contributed by atoms with Crippen LogP contribution >= 0.6 is 11.3 Å². The Morgan fingerprint density at radius 3 is 2.53 bits per heavy atom. The van der Waals surface area contributed by atoms with Crippen molar-refractivity contribution in [1.29, 1.82) is 0 Å². The van der Waals surface area contributed by atoms with Crippen LogP contribution in [0.2, 0.25) is 0 Å². The molecule has 0 radical (unpaired) electrons. The second kappa shape index (κ2) is 4.90. The first-order valence-electron chi connectivity index (χ1n) is 5.84. The van der Waals surface area contributed by atoms with E-state index in [0.29, 0.717) is 0 Å². The van der Waals surface area contributed by atoms with Crippen LogP contribution in [0.3, 0.4) is 0 Å². The number of para-hydroxylation sites is 1. The number of benzene rings is 2. The van der Waals surface area contributed by atoms with Gasteiger partial charge in [-0.1, -0.05) is 24.3 Å². The Bertz CT molecular complexity index is 687. The SMILES string of the molecule is O=CC(c1ccc(F)cc1)c1nc2ccccc2s1. The third-order valence-corrected chi connectivity index (χ3v) is 4.06. The topological polar surface area (TPSA) is 30.0 Å². The lowest BCUT2D eigenvalue weighted by Gasteiger charge is -2.06. The molecule has 19 heavy (non-hydrogen) atoms. The zero-order valence-electron chi connectivity index (χ0n) is 9.92. The summed E-state index contributed by atoms with van der Waals surface area (Å²) >= 11 is 1.49. The van der Waals surface area contributed by atoms with Crippen LogP contribution < -0.4 is 0 Å². The van der Waals surface area contributed by atoms with Crippen molar-refractivity contribution in [2.45, 2.75) is 5.92 Å². The normalized spacial score (nSPS) is 12.5. The predicted octanol–water partition coefficient (Wildman–Crippen LogP) is 3.77. The van der Waals surface area contributed by atoms with E-state index in [1.165, 1.54) is 23.5 Å². The molecule has 0 aliphatic carbocycles. The molecule has 0 amide bonds. The molecular weight excluding hydrogens is 261 g/mol. The quantitative estimate of drug-likeness (QED) is 0.679. The second-order valence-corrected chi connectivity index (χ2v) is 5.25. The maximum absolute atomic E-state index is 12.9. The molecule has 3 aromatic rings. The van der Waals surface area contributed by atoms with Gasteiger partial charge in [0.2, 0.25) is 0 Å². The van der Waals surface area contributed by atoms with Gasteiger partial charge in [0, 0.05) is 0 Å². The maximum Gasteiger partial charge on any atom is 0.134 e. The summed E-state index contributed by atoms with van der Waals surface area (Å²) in [5, 5.41) is 0.739. The number of carbonyl (C=O) groups excluding carboxylic acids is 1. The van der Waals surface area contributed by atoms with Crippen molar-refractivity contribution in [3.8, 4) is 0 Å². The van der Waals surface area contributed by atoms with E-state index in [1.54, 1.807) is 12.1 Å². The van der Waals surface area contributed by atoms with Crippen LogP contribution in [0.4, 0.5) is 4.39 Å². The molecule has 1 aromatic heterocycles. The van der Waals surface area contributed by atoms with Gasteiger partial charge in [-0.3, -0.25) is 0 Å². The van der Waals surface area contributed by atoms with E-state index in [2.05, 4.69) is 4.98 Å². The molecule has 1 atom stereocenters. The average molecular weight is 271 g/mol. The Morgan fingerprint density at radius 1 is 1.11 bits per heavy atom. The molecule has 3 rings (SSSR count). The van der Waals surface area contributed by atoms with Gasteiger partial charge in [0.15, 0.2) is 0 Å². The minimum absolute atomic E-state index is 0.308. The highest BCUT2D eigenvalue weighted by atomic mass is 32.1. The number of aldehydes is 1. The van der Waals surface area contributed by atoms with Crippen molar-refractivity contribution in [3.05, 3.63) is 64.9 Å². The lowest BCUT2D eigenvalue weighted by Crippen LogP contribution is -2.01. The van der Waals surface area contributed by atoms with Crippen molar-refractivity contribution >= 4 is 27.8 Å². The van der Waals surface area contributed by atoms with Crippen LogP contribution in [0, 0.1) is 5.82 Å². The first-order chi connectivity index (χ1) is 9.28. The smallest absolute Gasteiger partial charge is 0.134 e.